The molecule has 0 amide bonds. The van der Waals surface area contributed by atoms with Gasteiger partial charge in [-0.05, 0) is 32.0 Å². The number of nitrogens with zero attached hydrogens (tertiary/aromatic N) is 3. The van der Waals surface area contributed by atoms with E-state index in [-0.39, 0.29) is 6.04 Å². The first-order valence-electron chi connectivity index (χ1n) is 10.6. The molecule has 1 aromatic rings. The van der Waals surface area contributed by atoms with E-state index in [1.165, 1.54) is 16.1 Å². The van der Waals surface area contributed by atoms with Gasteiger partial charge < -0.3 is 10.6 Å². The van der Waals surface area contributed by atoms with Crippen LogP contribution in [0, 0.1) is 0 Å². The Morgan fingerprint density at radius 1 is 1.03 bits per heavy atom. The minimum absolute atomic E-state index is 0.225. The van der Waals surface area contributed by atoms with Crippen LogP contribution in [0.15, 0.2) is 35.3 Å². The Bertz CT molecular complexity index is 690. The topological polar surface area (TPSA) is 77.0 Å². The van der Waals surface area contributed by atoms with Crippen LogP contribution in [-0.2, 0) is 10.0 Å². The zero-order valence-electron chi connectivity index (χ0n) is 18.7. The van der Waals surface area contributed by atoms with Crippen LogP contribution in [0.5, 0.6) is 0 Å². The van der Waals surface area contributed by atoms with Crippen LogP contribution < -0.4 is 10.6 Å². The van der Waals surface area contributed by atoms with Crippen molar-refractivity contribution in [1.29, 1.82) is 0 Å². The molecule has 0 aliphatic rings. The monoisotopic (exact) mass is 425 g/mol. The van der Waals surface area contributed by atoms with Crippen LogP contribution in [0.3, 0.4) is 0 Å². The number of rotatable bonds is 13. The smallest absolute Gasteiger partial charge is 0.211 e. The molecule has 0 aliphatic heterocycles. The lowest BCUT2D eigenvalue weighted by molar-refractivity contribution is 0.224. The highest BCUT2D eigenvalue weighted by Gasteiger charge is 2.18. The van der Waals surface area contributed by atoms with Crippen molar-refractivity contribution in [2.45, 2.75) is 40.2 Å². The molecule has 0 saturated heterocycles. The maximum Gasteiger partial charge on any atom is 0.211 e. The maximum atomic E-state index is 11.7. The van der Waals surface area contributed by atoms with Gasteiger partial charge >= 0.3 is 0 Å². The van der Waals surface area contributed by atoms with E-state index in [4.69, 9.17) is 4.99 Å². The summed E-state index contributed by atoms with van der Waals surface area (Å²) in [5, 5.41) is 6.62. The van der Waals surface area contributed by atoms with E-state index in [9.17, 15) is 8.42 Å². The summed E-state index contributed by atoms with van der Waals surface area (Å²) < 4.78 is 24.9. The molecule has 0 saturated carbocycles. The highest BCUT2D eigenvalue weighted by Crippen LogP contribution is 2.20. The fourth-order valence-corrected chi connectivity index (χ4v) is 4.24. The second kappa shape index (κ2) is 13.6. The first kappa shape index (κ1) is 25.4. The number of sulfonamides is 1. The summed E-state index contributed by atoms with van der Waals surface area (Å²) in [7, 11) is -3.14. The number of hydrogen-bond donors (Lipinski definition) is 2. The molecule has 1 rings (SSSR count). The average molecular weight is 426 g/mol. The van der Waals surface area contributed by atoms with Gasteiger partial charge in [-0.3, -0.25) is 9.89 Å². The Kier molecular flexibility index (Phi) is 11.9. The van der Waals surface area contributed by atoms with Gasteiger partial charge in [-0.15, -0.1) is 0 Å². The van der Waals surface area contributed by atoms with Gasteiger partial charge in [-0.2, -0.15) is 0 Å². The van der Waals surface area contributed by atoms with Gasteiger partial charge in [0.2, 0.25) is 10.0 Å². The van der Waals surface area contributed by atoms with Crippen molar-refractivity contribution in [1.82, 2.24) is 19.8 Å². The molecule has 0 spiro atoms. The molecule has 0 fully saturated rings. The minimum Gasteiger partial charge on any atom is -0.357 e. The number of likely N-dealkylation sites (N-methyl/N-ethyl adjacent to an activating group) is 1. The summed E-state index contributed by atoms with van der Waals surface area (Å²) in [5.74, 6) is 0.767. The Labute approximate surface area is 177 Å². The molecule has 0 aliphatic carbocycles. The van der Waals surface area contributed by atoms with Crippen LogP contribution in [0.4, 0.5) is 0 Å². The molecule has 166 valence electrons. The van der Waals surface area contributed by atoms with E-state index in [1.807, 2.05) is 19.9 Å². The van der Waals surface area contributed by atoms with Crippen molar-refractivity contribution < 1.29 is 8.42 Å². The van der Waals surface area contributed by atoms with Crippen molar-refractivity contribution in [2.24, 2.45) is 4.99 Å². The molecule has 29 heavy (non-hydrogen) atoms. The van der Waals surface area contributed by atoms with Crippen LogP contribution in [0.25, 0.3) is 0 Å². The highest BCUT2D eigenvalue weighted by atomic mass is 32.2. The molecule has 7 nitrogen and oxygen atoms in total. The van der Waals surface area contributed by atoms with Gasteiger partial charge in [0, 0.05) is 26.2 Å². The van der Waals surface area contributed by atoms with Crippen molar-refractivity contribution in [2.75, 3.05) is 52.1 Å². The quantitative estimate of drug-likeness (QED) is 0.288. The Balaban J connectivity index is 2.75. The second-order valence-electron chi connectivity index (χ2n) is 6.90. The maximum absolute atomic E-state index is 11.7. The van der Waals surface area contributed by atoms with Crippen LogP contribution >= 0.6 is 0 Å². The summed E-state index contributed by atoms with van der Waals surface area (Å²) in [4.78, 5) is 7.22. The molecule has 0 bridgehead atoms. The Morgan fingerprint density at radius 2 is 1.69 bits per heavy atom. The lowest BCUT2D eigenvalue weighted by atomic mass is 10.1. The van der Waals surface area contributed by atoms with Gasteiger partial charge in [0.25, 0.3) is 0 Å². The predicted octanol–water partition coefficient (Wildman–Crippen LogP) is 2.30. The van der Waals surface area contributed by atoms with E-state index >= 15 is 0 Å². The van der Waals surface area contributed by atoms with Crippen molar-refractivity contribution >= 4 is 16.0 Å². The largest absolute Gasteiger partial charge is 0.357 e. The molecule has 0 radical (unpaired) electrons. The molecule has 1 atom stereocenters. The number of aliphatic imine (C=N–C) groups is 1. The third kappa shape index (κ3) is 9.14. The number of nitrogens with one attached hydrogen (secondary N) is 2. The van der Waals surface area contributed by atoms with Crippen molar-refractivity contribution in [3.63, 3.8) is 0 Å². The van der Waals surface area contributed by atoms with Gasteiger partial charge in [0.1, 0.15) is 0 Å². The predicted molar refractivity (Wildman–Crippen MR) is 123 cm³/mol. The molecular weight excluding hydrogens is 386 g/mol. The standard InChI is InChI=1S/C21H39N5O2S/c1-6-22-21(23-16-13-17-26(9-4)29(5,27)28)24-18-20(25(7-2)8-3)19-14-11-10-12-15-19/h10-12,14-15,20H,6-9,13,16-18H2,1-5H3,(H2,22,23,24). The summed E-state index contributed by atoms with van der Waals surface area (Å²) in [6.07, 6.45) is 1.98. The molecule has 0 heterocycles. The van der Waals surface area contributed by atoms with E-state index in [1.54, 1.807) is 0 Å². The number of hydrogen-bond acceptors (Lipinski definition) is 4. The van der Waals surface area contributed by atoms with Crippen molar-refractivity contribution in [3.05, 3.63) is 35.9 Å². The molecule has 0 aromatic heterocycles. The van der Waals surface area contributed by atoms with E-state index in [0.717, 1.165) is 32.0 Å². The molecule has 8 heteroatoms. The fourth-order valence-electron chi connectivity index (χ4n) is 3.31. The lowest BCUT2D eigenvalue weighted by Crippen LogP contribution is -2.40. The fraction of sp³-hybridized carbons (Fsp3) is 0.667. The zero-order valence-corrected chi connectivity index (χ0v) is 19.5. The zero-order chi connectivity index (χ0) is 21.7. The average Bonchev–Trinajstić information content (AvgIpc) is 2.70. The van der Waals surface area contributed by atoms with Crippen LogP contribution in [0.1, 0.15) is 45.7 Å². The number of benzene rings is 1. The van der Waals surface area contributed by atoms with Gasteiger partial charge in [-0.1, -0.05) is 51.1 Å². The Morgan fingerprint density at radius 3 is 2.21 bits per heavy atom. The molecular formula is C21H39N5O2S. The van der Waals surface area contributed by atoms with Gasteiger partial charge in [-0.25, -0.2) is 12.7 Å². The van der Waals surface area contributed by atoms with E-state index < -0.39 is 10.0 Å². The summed E-state index contributed by atoms with van der Waals surface area (Å²) in [5.41, 5.74) is 1.27. The lowest BCUT2D eigenvalue weighted by Gasteiger charge is -2.29. The Hall–Kier alpha value is -1.64. The van der Waals surface area contributed by atoms with Gasteiger partial charge in [0.05, 0.1) is 18.8 Å². The third-order valence-corrected chi connectivity index (χ3v) is 6.28. The molecule has 1 aromatic carbocycles. The van der Waals surface area contributed by atoms with Crippen LogP contribution in [0.2, 0.25) is 0 Å². The second-order valence-corrected chi connectivity index (χ2v) is 8.88. The highest BCUT2D eigenvalue weighted by molar-refractivity contribution is 7.88. The first-order chi connectivity index (χ1) is 13.9. The minimum atomic E-state index is -3.14. The van der Waals surface area contributed by atoms with Crippen LogP contribution in [-0.4, -0.2) is 75.7 Å². The SMILES string of the molecule is CCNC(=NCC(c1ccccc1)N(CC)CC)NCCCN(CC)S(C)(=O)=O. The normalized spacial score (nSPS) is 13.7. The van der Waals surface area contributed by atoms with Crippen molar-refractivity contribution in [3.8, 4) is 0 Å². The molecule has 1 unspecified atom stereocenters. The van der Waals surface area contributed by atoms with E-state index in [2.05, 4.69) is 53.6 Å². The van der Waals surface area contributed by atoms with E-state index in [0.29, 0.717) is 26.2 Å². The summed E-state index contributed by atoms with van der Waals surface area (Å²) in [6.45, 7) is 13.3. The number of guanidine groups is 1. The summed E-state index contributed by atoms with van der Waals surface area (Å²) in [6, 6.07) is 10.7. The van der Waals surface area contributed by atoms with Gasteiger partial charge in [0.15, 0.2) is 5.96 Å². The third-order valence-electron chi connectivity index (χ3n) is 4.90. The summed E-state index contributed by atoms with van der Waals surface area (Å²) >= 11 is 0. The first-order valence-corrected chi connectivity index (χ1v) is 12.5. The molecule has 2 N–H and O–H groups in total.